The third-order valence-corrected chi connectivity index (χ3v) is 4.69. The van der Waals surface area contributed by atoms with Gasteiger partial charge in [-0.1, -0.05) is 91.0 Å². The first kappa shape index (κ1) is 16.2. The van der Waals surface area contributed by atoms with Crippen molar-refractivity contribution in [1.82, 2.24) is 0 Å². The molecular weight excluding hydrogens is 386 g/mol. The van der Waals surface area contributed by atoms with Crippen molar-refractivity contribution in [2.24, 2.45) is 0 Å². The van der Waals surface area contributed by atoms with Crippen molar-refractivity contribution in [2.45, 2.75) is 5.16 Å². The zero-order valence-electron chi connectivity index (χ0n) is 11.6. The summed E-state index contributed by atoms with van der Waals surface area (Å²) < 4.78 is 0. The van der Waals surface area contributed by atoms with Crippen molar-refractivity contribution in [3.63, 3.8) is 0 Å². The lowest BCUT2D eigenvalue weighted by Gasteiger charge is -2.31. The van der Waals surface area contributed by atoms with Crippen molar-refractivity contribution in [2.75, 3.05) is 0 Å². The molecule has 0 aromatic heterocycles. The first-order valence-corrected chi connectivity index (χ1v) is 7.35. The van der Waals surface area contributed by atoms with E-state index in [1.165, 1.54) is 16.7 Å². The molecule has 0 fully saturated rings. The number of halogens is 1. The van der Waals surface area contributed by atoms with Gasteiger partial charge in [-0.25, -0.2) is 0 Å². The zero-order chi connectivity index (χ0) is 13.8. The lowest BCUT2D eigenvalue weighted by atomic mass is 9.84. The van der Waals surface area contributed by atoms with E-state index < -0.39 is 0 Å². The Morgan fingerprint density at radius 3 is 0.952 bits per heavy atom. The normalized spacial score (nSPS) is 10.7. The van der Waals surface area contributed by atoms with Gasteiger partial charge in [0, 0.05) is 0 Å². The van der Waals surface area contributed by atoms with E-state index in [4.69, 9.17) is 0 Å². The molecule has 0 saturated carbocycles. The van der Waals surface area contributed by atoms with E-state index in [2.05, 4.69) is 100 Å². The summed E-state index contributed by atoms with van der Waals surface area (Å²) in [5, 5.41) is -0.205. The van der Waals surface area contributed by atoms with Gasteiger partial charge in [0.1, 0.15) is 0 Å². The van der Waals surface area contributed by atoms with Crippen LogP contribution >= 0.6 is 33.2 Å². The summed E-state index contributed by atoms with van der Waals surface area (Å²) >= 11 is 0. The average molecular weight is 404 g/mol. The van der Waals surface area contributed by atoms with Crippen LogP contribution in [0.25, 0.3) is 0 Å². The summed E-state index contributed by atoms with van der Waals surface area (Å²) in [6.07, 6.45) is 0. The van der Waals surface area contributed by atoms with Crippen molar-refractivity contribution >= 4 is 33.2 Å². The molecular formula is C19H18IP. The standard InChI is InChI=1S/C19H17P.HI/c20-19(16-10-4-1-5-11-16,17-12-6-2-7-13-17)18-14-8-3-9-15-18;/h1-15H,20H2;1H. The molecule has 0 aliphatic rings. The first-order valence-electron chi connectivity index (χ1n) is 6.77. The summed E-state index contributed by atoms with van der Waals surface area (Å²) in [5.41, 5.74) is 3.84. The minimum absolute atomic E-state index is 0. The summed E-state index contributed by atoms with van der Waals surface area (Å²) in [6, 6.07) is 31.9. The molecule has 0 bridgehead atoms. The van der Waals surface area contributed by atoms with E-state index in [9.17, 15) is 0 Å². The van der Waals surface area contributed by atoms with E-state index >= 15 is 0 Å². The Kier molecular flexibility index (Phi) is 5.55. The third kappa shape index (κ3) is 3.20. The maximum Gasteiger partial charge on any atom is 0.0591 e. The van der Waals surface area contributed by atoms with E-state index in [0.29, 0.717) is 0 Å². The Labute approximate surface area is 145 Å². The molecule has 3 aromatic carbocycles. The van der Waals surface area contributed by atoms with Gasteiger partial charge in [-0.2, -0.15) is 0 Å². The monoisotopic (exact) mass is 404 g/mol. The van der Waals surface area contributed by atoms with Crippen LogP contribution in [0.2, 0.25) is 0 Å². The van der Waals surface area contributed by atoms with E-state index in [1.54, 1.807) is 0 Å². The average Bonchev–Trinajstić information content (AvgIpc) is 2.56. The van der Waals surface area contributed by atoms with Crippen LogP contribution in [0.15, 0.2) is 91.0 Å². The Morgan fingerprint density at radius 2 is 0.714 bits per heavy atom. The van der Waals surface area contributed by atoms with Crippen molar-refractivity contribution in [3.8, 4) is 0 Å². The minimum atomic E-state index is -0.205. The molecule has 1 unspecified atom stereocenters. The number of rotatable bonds is 3. The predicted molar refractivity (Wildman–Crippen MR) is 104 cm³/mol. The molecule has 0 aliphatic carbocycles. The summed E-state index contributed by atoms with van der Waals surface area (Å²) in [5.74, 6) is 0. The Bertz CT molecular complexity index is 569. The van der Waals surface area contributed by atoms with Gasteiger partial charge in [-0.15, -0.1) is 33.2 Å². The molecule has 1 atom stereocenters. The second-order valence-electron chi connectivity index (χ2n) is 4.91. The highest BCUT2D eigenvalue weighted by atomic mass is 127. The van der Waals surface area contributed by atoms with Gasteiger partial charge < -0.3 is 0 Å². The van der Waals surface area contributed by atoms with E-state index in [1.807, 2.05) is 0 Å². The largest absolute Gasteiger partial charge is 0.117 e. The van der Waals surface area contributed by atoms with Gasteiger partial charge in [-0.05, 0) is 16.7 Å². The second-order valence-corrected chi connectivity index (χ2v) is 5.77. The Morgan fingerprint density at radius 1 is 0.476 bits per heavy atom. The summed E-state index contributed by atoms with van der Waals surface area (Å²) in [4.78, 5) is 0. The molecule has 0 heterocycles. The fraction of sp³-hybridized carbons (Fsp3) is 0.0526. The van der Waals surface area contributed by atoms with E-state index in [-0.39, 0.29) is 29.1 Å². The highest BCUT2D eigenvalue weighted by Gasteiger charge is 2.30. The number of hydrogen-bond donors (Lipinski definition) is 0. The highest BCUT2D eigenvalue weighted by molar-refractivity contribution is 14.0. The van der Waals surface area contributed by atoms with Crippen LogP contribution in [0, 0.1) is 0 Å². The molecule has 0 aliphatic heterocycles. The molecule has 0 N–H and O–H groups in total. The van der Waals surface area contributed by atoms with Crippen LogP contribution in [-0.2, 0) is 5.16 Å². The highest BCUT2D eigenvalue weighted by Crippen LogP contribution is 2.44. The molecule has 3 rings (SSSR count). The summed E-state index contributed by atoms with van der Waals surface area (Å²) in [6.45, 7) is 0. The van der Waals surface area contributed by atoms with Crippen LogP contribution in [-0.4, -0.2) is 0 Å². The molecule has 3 aromatic rings. The molecule has 2 heteroatoms. The SMILES string of the molecule is I.PC(c1ccccc1)(c1ccccc1)c1ccccc1. The fourth-order valence-corrected chi connectivity index (χ4v) is 3.18. The maximum atomic E-state index is 3.06. The van der Waals surface area contributed by atoms with Gasteiger partial charge >= 0.3 is 0 Å². The van der Waals surface area contributed by atoms with Gasteiger partial charge in [0.2, 0.25) is 0 Å². The number of benzene rings is 3. The summed E-state index contributed by atoms with van der Waals surface area (Å²) in [7, 11) is 3.06. The second kappa shape index (κ2) is 7.20. The third-order valence-electron chi connectivity index (χ3n) is 3.69. The number of hydrogen-bond acceptors (Lipinski definition) is 0. The minimum Gasteiger partial charge on any atom is -0.117 e. The van der Waals surface area contributed by atoms with Crippen molar-refractivity contribution < 1.29 is 0 Å². The van der Waals surface area contributed by atoms with Gasteiger partial charge in [0.25, 0.3) is 0 Å². The molecule has 0 spiro atoms. The van der Waals surface area contributed by atoms with E-state index in [0.717, 1.165) is 0 Å². The zero-order valence-corrected chi connectivity index (χ0v) is 15.1. The Balaban J connectivity index is 0.00000161. The molecule has 0 nitrogen and oxygen atoms in total. The lowest BCUT2D eigenvalue weighted by Crippen LogP contribution is -2.21. The van der Waals surface area contributed by atoms with Gasteiger partial charge in [0.05, 0.1) is 5.16 Å². The van der Waals surface area contributed by atoms with Crippen LogP contribution in [0.4, 0.5) is 0 Å². The molecule has 0 saturated heterocycles. The van der Waals surface area contributed by atoms with Gasteiger partial charge in [-0.3, -0.25) is 0 Å². The fourth-order valence-electron chi connectivity index (χ4n) is 2.60. The van der Waals surface area contributed by atoms with Crippen LogP contribution in [0.1, 0.15) is 16.7 Å². The lowest BCUT2D eigenvalue weighted by molar-refractivity contribution is 0.897. The maximum absolute atomic E-state index is 3.06. The van der Waals surface area contributed by atoms with Crippen LogP contribution in [0.5, 0.6) is 0 Å². The van der Waals surface area contributed by atoms with Crippen molar-refractivity contribution in [3.05, 3.63) is 108 Å². The molecule has 106 valence electrons. The predicted octanol–water partition coefficient (Wildman–Crippen LogP) is 5.47. The molecule has 0 radical (unpaired) electrons. The van der Waals surface area contributed by atoms with Crippen molar-refractivity contribution in [1.29, 1.82) is 0 Å². The molecule has 21 heavy (non-hydrogen) atoms. The van der Waals surface area contributed by atoms with Gasteiger partial charge in [0.15, 0.2) is 0 Å². The first-order chi connectivity index (χ1) is 9.82. The smallest absolute Gasteiger partial charge is 0.0591 e. The quantitative estimate of drug-likeness (QED) is 0.309. The Hall–Kier alpha value is -1.18. The molecule has 0 amide bonds. The van der Waals surface area contributed by atoms with Crippen LogP contribution in [0.3, 0.4) is 0 Å². The van der Waals surface area contributed by atoms with Crippen LogP contribution < -0.4 is 0 Å². The topological polar surface area (TPSA) is 0 Å².